The maximum absolute atomic E-state index is 11.9. The highest BCUT2D eigenvalue weighted by Crippen LogP contribution is 2.32. The van der Waals surface area contributed by atoms with Crippen molar-refractivity contribution in [3.8, 4) is 22.5 Å². The summed E-state index contributed by atoms with van der Waals surface area (Å²) in [6, 6.07) is 5.65. The second-order valence-electron chi connectivity index (χ2n) is 8.76. The number of fused-ring (bicyclic) bond motifs is 1. The van der Waals surface area contributed by atoms with Crippen LogP contribution in [0.3, 0.4) is 0 Å². The lowest BCUT2D eigenvalue weighted by molar-refractivity contribution is -0.0710. The van der Waals surface area contributed by atoms with Crippen molar-refractivity contribution in [2.75, 3.05) is 25.0 Å². The number of carbonyl (C=O) groups excluding carboxylic acids is 1. The molecule has 11 heteroatoms. The smallest absolute Gasteiger partial charge is 0.413 e. The monoisotopic (exact) mass is 488 g/mol. The molecule has 4 heterocycles. The van der Waals surface area contributed by atoms with E-state index in [2.05, 4.69) is 54.0 Å². The van der Waals surface area contributed by atoms with Crippen LogP contribution in [0, 0.1) is 0 Å². The summed E-state index contributed by atoms with van der Waals surface area (Å²) in [6.45, 7) is 8.55. The van der Waals surface area contributed by atoms with Crippen molar-refractivity contribution < 1.29 is 14.3 Å². The molecule has 3 aromatic heterocycles. The Hall–Kier alpha value is -3.96. The first-order chi connectivity index (χ1) is 17.5. The summed E-state index contributed by atoms with van der Waals surface area (Å²) in [5, 5.41) is 2.62. The minimum atomic E-state index is -0.581. The van der Waals surface area contributed by atoms with Crippen molar-refractivity contribution in [2.24, 2.45) is 0 Å². The largest absolute Gasteiger partial charge is 0.450 e. The molecule has 2 N–H and O–H groups in total. The van der Waals surface area contributed by atoms with Crippen LogP contribution in [0.25, 0.3) is 33.5 Å². The fraction of sp³-hybridized carbons (Fsp3) is 0.360. The molecule has 1 aromatic carbocycles. The maximum Gasteiger partial charge on any atom is 0.413 e. The highest BCUT2D eigenvalue weighted by molar-refractivity contribution is 5.96. The van der Waals surface area contributed by atoms with Crippen LogP contribution in [0.5, 0.6) is 0 Å². The van der Waals surface area contributed by atoms with E-state index in [1.54, 1.807) is 25.4 Å². The number of H-pyrrole nitrogens is 1. The van der Waals surface area contributed by atoms with Crippen LogP contribution in [0.4, 0.5) is 10.7 Å². The first-order valence-electron chi connectivity index (χ1n) is 11.9. The molecule has 0 saturated carbocycles. The number of nitrogens with zero attached hydrogens (tertiary/aromatic N) is 6. The predicted molar refractivity (Wildman–Crippen MR) is 134 cm³/mol. The minimum absolute atomic E-state index is 0.191. The number of anilines is 1. The molecule has 1 aliphatic heterocycles. The first-order valence-corrected chi connectivity index (χ1v) is 11.9. The summed E-state index contributed by atoms with van der Waals surface area (Å²) in [6.07, 6.45) is 6.79. The van der Waals surface area contributed by atoms with Gasteiger partial charge in [-0.15, -0.1) is 0 Å². The van der Waals surface area contributed by atoms with Crippen LogP contribution in [0.1, 0.15) is 26.6 Å². The Bertz CT molecular complexity index is 1330. The van der Waals surface area contributed by atoms with E-state index in [4.69, 9.17) is 9.47 Å². The highest BCUT2D eigenvalue weighted by Gasteiger charge is 2.23. The number of aromatic nitrogens is 6. The van der Waals surface area contributed by atoms with E-state index in [0.717, 1.165) is 35.6 Å². The molecule has 0 spiro atoms. The molecule has 1 fully saturated rings. The zero-order valence-corrected chi connectivity index (χ0v) is 20.4. The van der Waals surface area contributed by atoms with E-state index < -0.39 is 6.09 Å². The molecule has 2 atom stereocenters. The number of hydrogen-bond acceptors (Lipinski definition) is 9. The van der Waals surface area contributed by atoms with Crippen LogP contribution >= 0.6 is 0 Å². The number of carbonyl (C=O) groups is 1. The molecule has 1 aliphatic rings. The Morgan fingerprint density at radius 1 is 1.11 bits per heavy atom. The van der Waals surface area contributed by atoms with Crippen LogP contribution in [0.15, 0.2) is 43.0 Å². The zero-order valence-electron chi connectivity index (χ0n) is 20.4. The first kappa shape index (κ1) is 23.8. The Kier molecular flexibility index (Phi) is 6.83. The van der Waals surface area contributed by atoms with E-state index in [1.165, 1.54) is 0 Å². The van der Waals surface area contributed by atoms with Crippen LogP contribution < -0.4 is 5.32 Å². The van der Waals surface area contributed by atoms with Gasteiger partial charge in [0.25, 0.3) is 0 Å². The minimum Gasteiger partial charge on any atom is -0.450 e. The molecule has 0 radical (unpaired) electrons. The summed E-state index contributed by atoms with van der Waals surface area (Å²) >= 11 is 0. The third-order valence-corrected chi connectivity index (χ3v) is 5.79. The molecule has 0 unspecified atom stereocenters. The zero-order chi connectivity index (χ0) is 25.1. The van der Waals surface area contributed by atoms with Crippen molar-refractivity contribution in [1.82, 2.24) is 34.8 Å². The van der Waals surface area contributed by atoms with Gasteiger partial charge >= 0.3 is 6.09 Å². The molecule has 1 saturated heterocycles. The fourth-order valence-electron chi connectivity index (χ4n) is 4.41. The van der Waals surface area contributed by atoms with Gasteiger partial charge in [0.2, 0.25) is 5.95 Å². The van der Waals surface area contributed by atoms with Gasteiger partial charge in [-0.1, -0.05) is 0 Å². The van der Waals surface area contributed by atoms with Gasteiger partial charge in [-0.3, -0.25) is 10.2 Å². The Morgan fingerprint density at radius 2 is 1.83 bits per heavy atom. The van der Waals surface area contributed by atoms with Crippen LogP contribution in [0.2, 0.25) is 0 Å². The van der Waals surface area contributed by atoms with E-state index in [-0.39, 0.29) is 24.8 Å². The number of hydrogen-bond donors (Lipinski definition) is 2. The lowest BCUT2D eigenvalue weighted by atomic mass is 10.0. The Labute approximate surface area is 208 Å². The summed E-state index contributed by atoms with van der Waals surface area (Å²) in [7, 11) is 0. The molecule has 36 heavy (non-hydrogen) atoms. The van der Waals surface area contributed by atoms with Gasteiger partial charge in [0, 0.05) is 49.0 Å². The quantitative estimate of drug-likeness (QED) is 0.417. The third kappa shape index (κ3) is 5.31. The summed E-state index contributed by atoms with van der Waals surface area (Å²) in [5.74, 6) is 1.56. The fourth-order valence-corrected chi connectivity index (χ4v) is 4.41. The lowest BCUT2D eigenvalue weighted by Crippen LogP contribution is -2.45. The Morgan fingerprint density at radius 3 is 2.53 bits per heavy atom. The SMILES string of the molecule is CCOC(=O)Nc1nc2c(-c3ncccn3)cc(-c3cnc(CN4C[C@@H](C)O[C@@H](C)C4)nc3)cc2[nH]1. The summed E-state index contributed by atoms with van der Waals surface area (Å²) < 4.78 is 10.8. The van der Waals surface area contributed by atoms with Crippen molar-refractivity contribution in [1.29, 1.82) is 0 Å². The molecule has 5 rings (SSSR count). The number of morpholine rings is 1. The molecule has 11 nitrogen and oxygen atoms in total. The second kappa shape index (κ2) is 10.3. The van der Waals surface area contributed by atoms with Gasteiger partial charge in [0.1, 0.15) is 11.3 Å². The molecular weight excluding hydrogens is 460 g/mol. The van der Waals surface area contributed by atoms with Gasteiger partial charge in [-0.2, -0.15) is 0 Å². The summed E-state index contributed by atoms with van der Waals surface area (Å²) in [4.78, 5) is 39.9. The number of rotatable bonds is 6. The number of aromatic amines is 1. The number of ether oxygens (including phenoxy) is 2. The van der Waals surface area contributed by atoms with Gasteiger partial charge < -0.3 is 14.5 Å². The number of nitrogens with one attached hydrogen (secondary N) is 2. The molecule has 0 aliphatic carbocycles. The predicted octanol–water partition coefficient (Wildman–Crippen LogP) is 3.65. The topological polar surface area (TPSA) is 131 Å². The van der Waals surface area contributed by atoms with Gasteiger partial charge in [0.05, 0.1) is 30.9 Å². The normalized spacial score (nSPS) is 18.3. The average Bonchev–Trinajstić information content (AvgIpc) is 3.26. The second-order valence-corrected chi connectivity index (χ2v) is 8.76. The standard InChI is InChI=1S/C25H28N8O3/c1-4-35-25(34)32-24-30-20-9-17(8-19(22(20)31-24)23-26-6-5-7-27-23)18-10-28-21(29-11-18)14-33-12-15(2)36-16(3)13-33/h5-11,15-16H,4,12-14H2,1-3H3,(H2,30,31,32,34)/t15-,16+. The molecular formula is C25H28N8O3. The number of benzene rings is 1. The van der Waals surface area contributed by atoms with E-state index >= 15 is 0 Å². The lowest BCUT2D eigenvalue weighted by Gasteiger charge is -2.34. The Balaban J connectivity index is 1.46. The molecule has 1 amide bonds. The summed E-state index contributed by atoms with van der Waals surface area (Å²) in [5.41, 5.74) is 3.77. The number of amides is 1. The van der Waals surface area contributed by atoms with E-state index in [1.807, 2.05) is 24.5 Å². The van der Waals surface area contributed by atoms with E-state index in [0.29, 0.717) is 23.4 Å². The molecule has 4 aromatic rings. The van der Waals surface area contributed by atoms with E-state index in [9.17, 15) is 4.79 Å². The van der Waals surface area contributed by atoms with Crippen molar-refractivity contribution in [3.05, 3.63) is 48.8 Å². The van der Waals surface area contributed by atoms with Gasteiger partial charge in [-0.25, -0.2) is 29.7 Å². The van der Waals surface area contributed by atoms with Crippen LogP contribution in [-0.2, 0) is 16.0 Å². The van der Waals surface area contributed by atoms with Crippen molar-refractivity contribution >= 4 is 23.1 Å². The highest BCUT2D eigenvalue weighted by atomic mass is 16.5. The van der Waals surface area contributed by atoms with Crippen molar-refractivity contribution in [2.45, 2.75) is 39.5 Å². The molecule has 0 bridgehead atoms. The molecule has 186 valence electrons. The number of imidazole rings is 1. The van der Waals surface area contributed by atoms with Crippen LogP contribution in [-0.4, -0.2) is 72.8 Å². The maximum atomic E-state index is 11.9. The average molecular weight is 489 g/mol. The third-order valence-electron chi connectivity index (χ3n) is 5.79. The van der Waals surface area contributed by atoms with Crippen molar-refractivity contribution in [3.63, 3.8) is 0 Å². The van der Waals surface area contributed by atoms with Gasteiger partial charge in [-0.05, 0) is 44.5 Å². The van der Waals surface area contributed by atoms with Gasteiger partial charge in [0.15, 0.2) is 5.82 Å².